The quantitative estimate of drug-likeness (QED) is 0.419. The number of aromatic nitrogens is 4. The van der Waals surface area contributed by atoms with Crippen molar-refractivity contribution in [2.75, 3.05) is 11.1 Å². The first-order chi connectivity index (χ1) is 15.2. The van der Waals surface area contributed by atoms with Gasteiger partial charge < -0.3 is 10.1 Å². The van der Waals surface area contributed by atoms with Gasteiger partial charge in [-0.25, -0.2) is 0 Å². The summed E-state index contributed by atoms with van der Waals surface area (Å²) < 4.78 is 7.42. The lowest BCUT2D eigenvalue weighted by atomic mass is 10.2. The second kappa shape index (κ2) is 9.90. The second-order valence-electron chi connectivity index (χ2n) is 6.80. The summed E-state index contributed by atoms with van der Waals surface area (Å²) in [5.74, 6) is 0.800. The van der Waals surface area contributed by atoms with Gasteiger partial charge in [-0.1, -0.05) is 60.3 Å². The molecule has 0 saturated heterocycles. The summed E-state index contributed by atoms with van der Waals surface area (Å²) in [5, 5.41) is 15.3. The fourth-order valence-corrected chi connectivity index (χ4v) is 3.61. The molecule has 0 fully saturated rings. The van der Waals surface area contributed by atoms with Crippen LogP contribution in [-0.4, -0.2) is 31.9 Å². The molecule has 156 valence electrons. The molecule has 1 amide bonds. The van der Waals surface area contributed by atoms with Gasteiger partial charge in [0.25, 0.3) is 0 Å². The Kier molecular flexibility index (Phi) is 6.59. The monoisotopic (exact) mass is 431 g/mol. The van der Waals surface area contributed by atoms with Gasteiger partial charge in [-0.2, -0.15) is 4.68 Å². The number of nitrogens with one attached hydrogen (secondary N) is 1. The lowest BCUT2D eigenvalue weighted by Gasteiger charge is -2.09. The maximum Gasteiger partial charge on any atom is 0.234 e. The predicted molar refractivity (Wildman–Crippen MR) is 120 cm³/mol. The van der Waals surface area contributed by atoms with E-state index in [-0.39, 0.29) is 11.7 Å². The van der Waals surface area contributed by atoms with Crippen molar-refractivity contribution in [3.8, 4) is 11.4 Å². The standard InChI is InChI=1S/C23H21N5O2S/c1-17-7-5-6-10-21(17)28-23(25-26-27-28)31-16-22(29)24-19-11-13-20(14-12-19)30-15-18-8-3-2-4-9-18/h2-14H,15-16H2,1H3,(H,24,29). The van der Waals surface area contributed by atoms with Gasteiger partial charge in [0, 0.05) is 5.69 Å². The SMILES string of the molecule is Cc1ccccc1-n1nnnc1SCC(=O)Nc1ccc(OCc2ccccc2)cc1. The fourth-order valence-electron chi connectivity index (χ4n) is 2.92. The number of anilines is 1. The Morgan fingerprint density at radius 1 is 1.00 bits per heavy atom. The van der Waals surface area contributed by atoms with Crippen LogP contribution in [0.15, 0.2) is 84.0 Å². The Morgan fingerprint density at radius 3 is 2.52 bits per heavy atom. The second-order valence-corrected chi connectivity index (χ2v) is 7.74. The van der Waals surface area contributed by atoms with Gasteiger partial charge >= 0.3 is 0 Å². The molecule has 0 spiro atoms. The van der Waals surface area contributed by atoms with Crippen LogP contribution in [0.5, 0.6) is 5.75 Å². The molecular formula is C23H21N5O2S. The van der Waals surface area contributed by atoms with E-state index in [0.717, 1.165) is 22.6 Å². The van der Waals surface area contributed by atoms with Gasteiger partial charge in [-0.15, -0.1) is 5.10 Å². The molecule has 1 N–H and O–H groups in total. The third-order valence-corrected chi connectivity index (χ3v) is 5.42. The van der Waals surface area contributed by atoms with Crippen LogP contribution < -0.4 is 10.1 Å². The van der Waals surface area contributed by atoms with E-state index in [2.05, 4.69) is 20.8 Å². The molecule has 0 aliphatic rings. The Bertz CT molecular complexity index is 1150. The maximum atomic E-state index is 12.4. The molecule has 8 heteroatoms. The van der Waals surface area contributed by atoms with Crippen LogP contribution >= 0.6 is 11.8 Å². The molecule has 3 aromatic carbocycles. The average molecular weight is 432 g/mol. The van der Waals surface area contributed by atoms with E-state index < -0.39 is 0 Å². The number of para-hydroxylation sites is 1. The van der Waals surface area contributed by atoms with Crippen molar-refractivity contribution in [3.63, 3.8) is 0 Å². The average Bonchev–Trinajstić information content (AvgIpc) is 3.27. The van der Waals surface area contributed by atoms with E-state index in [1.54, 1.807) is 4.68 Å². The topological polar surface area (TPSA) is 81.9 Å². The Balaban J connectivity index is 1.30. The van der Waals surface area contributed by atoms with Crippen LogP contribution in [-0.2, 0) is 11.4 Å². The smallest absolute Gasteiger partial charge is 0.234 e. The molecule has 0 aliphatic carbocycles. The van der Waals surface area contributed by atoms with Crippen LogP contribution in [0.1, 0.15) is 11.1 Å². The predicted octanol–water partition coefficient (Wildman–Crippen LogP) is 4.28. The van der Waals surface area contributed by atoms with Gasteiger partial charge in [0.2, 0.25) is 11.1 Å². The number of benzene rings is 3. The molecule has 1 heterocycles. The molecule has 31 heavy (non-hydrogen) atoms. The summed E-state index contributed by atoms with van der Waals surface area (Å²) in [5.41, 5.74) is 3.75. The van der Waals surface area contributed by atoms with Crippen LogP contribution in [0.25, 0.3) is 5.69 Å². The molecule has 0 unspecified atom stereocenters. The van der Waals surface area contributed by atoms with Crippen LogP contribution in [0, 0.1) is 6.92 Å². The first kappa shape index (κ1) is 20.6. The lowest BCUT2D eigenvalue weighted by Crippen LogP contribution is -2.14. The van der Waals surface area contributed by atoms with Crippen LogP contribution in [0.4, 0.5) is 5.69 Å². The summed E-state index contributed by atoms with van der Waals surface area (Å²) >= 11 is 1.28. The Morgan fingerprint density at radius 2 is 1.74 bits per heavy atom. The summed E-state index contributed by atoms with van der Waals surface area (Å²) in [4.78, 5) is 12.4. The number of hydrogen-bond acceptors (Lipinski definition) is 6. The summed E-state index contributed by atoms with van der Waals surface area (Å²) in [6, 6.07) is 25.1. The van der Waals surface area contributed by atoms with E-state index in [1.165, 1.54) is 11.8 Å². The molecule has 7 nitrogen and oxygen atoms in total. The molecule has 1 aromatic heterocycles. The van der Waals surface area contributed by atoms with E-state index >= 15 is 0 Å². The molecule has 4 aromatic rings. The number of aryl methyl sites for hydroxylation is 1. The van der Waals surface area contributed by atoms with Gasteiger partial charge in [-0.05, 0) is 58.8 Å². The number of amides is 1. The number of carbonyl (C=O) groups is 1. The van der Waals surface area contributed by atoms with Crippen molar-refractivity contribution >= 4 is 23.4 Å². The Labute approximate surface area is 184 Å². The number of rotatable bonds is 8. The number of tetrazole rings is 1. The first-order valence-electron chi connectivity index (χ1n) is 9.73. The lowest BCUT2D eigenvalue weighted by molar-refractivity contribution is -0.113. The minimum Gasteiger partial charge on any atom is -0.489 e. The van der Waals surface area contributed by atoms with Crippen molar-refractivity contribution in [2.24, 2.45) is 0 Å². The highest BCUT2D eigenvalue weighted by atomic mass is 32.2. The van der Waals surface area contributed by atoms with E-state index in [0.29, 0.717) is 17.5 Å². The normalized spacial score (nSPS) is 10.6. The molecular weight excluding hydrogens is 410 g/mol. The summed E-state index contributed by atoms with van der Waals surface area (Å²) in [6.07, 6.45) is 0. The van der Waals surface area contributed by atoms with Gasteiger partial charge in [0.15, 0.2) is 0 Å². The zero-order chi connectivity index (χ0) is 21.5. The van der Waals surface area contributed by atoms with E-state index in [4.69, 9.17) is 4.74 Å². The third kappa shape index (κ3) is 5.49. The summed E-state index contributed by atoms with van der Waals surface area (Å²) in [7, 11) is 0. The molecule has 0 aliphatic heterocycles. The van der Waals surface area contributed by atoms with Crippen LogP contribution in [0.3, 0.4) is 0 Å². The van der Waals surface area contributed by atoms with Gasteiger partial charge in [-0.3, -0.25) is 4.79 Å². The van der Waals surface area contributed by atoms with Crippen molar-refractivity contribution < 1.29 is 9.53 Å². The number of hydrogen-bond donors (Lipinski definition) is 1. The minimum absolute atomic E-state index is 0.137. The fraction of sp³-hybridized carbons (Fsp3) is 0.130. The summed E-state index contributed by atoms with van der Waals surface area (Å²) in [6.45, 7) is 2.49. The molecule has 0 atom stereocenters. The van der Waals surface area contributed by atoms with Crippen molar-refractivity contribution in [3.05, 3.63) is 90.0 Å². The van der Waals surface area contributed by atoms with Crippen molar-refractivity contribution in [1.82, 2.24) is 20.2 Å². The highest BCUT2D eigenvalue weighted by molar-refractivity contribution is 7.99. The van der Waals surface area contributed by atoms with Gasteiger partial charge in [0.05, 0.1) is 11.4 Å². The van der Waals surface area contributed by atoms with Crippen molar-refractivity contribution in [2.45, 2.75) is 18.7 Å². The third-order valence-electron chi connectivity index (χ3n) is 4.50. The number of ether oxygens (including phenoxy) is 1. The number of carbonyl (C=O) groups excluding carboxylic acids is 1. The highest BCUT2D eigenvalue weighted by Crippen LogP contribution is 2.21. The maximum absolute atomic E-state index is 12.4. The van der Waals surface area contributed by atoms with Gasteiger partial charge in [0.1, 0.15) is 12.4 Å². The molecule has 0 bridgehead atoms. The van der Waals surface area contributed by atoms with Crippen LogP contribution in [0.2, 0.25) is 0 Å². The van der Waals surface area contributed by atoms with E-state index in [1.807, 2.05) is 85.8 Å². The molecule has 0 radical (unpaired) electrons. The van der Waals surface area contributed by atoms with Crippen molar-refractivity contribution in [1.29, 1.82) is 0 Å². The number of nitrogens with zero attached hydrogens (tertiary/aromatic N) is 4. The first-order valence-corrected chi connectivity index (χ1v) is 10.7. The molecule has 0 saturated carbocycles. The highest BCUT2D eigenvalue weighted by Gasteiger charge is 2.13. The minimum atomic E-state index is -0.137. The Hall–Kier alpha value is -3.65. The zero-order valence-corrected chi connectivity index (χ0v) is 17.7. The molecule has 4 rings (SSSR count). The zero-order valence-electron chi connectivity index (χ0n) is 16.9. The van der Waals surface area contributed by atoms with E-state index in [9.17, 15) is 4.79 Å². The number of thioether (sulfide) groups is 1. The largest absolute Gasteiger partial charge is 0.489 e.